The predicted molar refractivity (Wildman–Crippen MR) is 120 cm³/mol. The van der Waals surface area contributed by atoms with Gasteiger partial charge in [-0.15, -0.1) is 0 Å². The van der Waals surface area contributed by atoms with Crippen molar-refractivity contribution in [2.24, 2.45) is 0 Å². The van der Waals surface area contributed by atoms with Gasteiger partial charge in [-0.25, -0.2) is 0 Å². The summed E-state index contributed by atoms with van der Waals surface area (Å²) in [6.07, 6.45) is 0.683. The number of aryl methyl sites for hydroxylation is 1. The number of rotatable bonds is 7. The van der Waals surface area contributed by atoms with Crippen LogP contribution in [0.3, 0.4) is 0 Å². The summed E-state index contributed by atoms with van der Waals surface area (Å²) in [5.74, 6) is -0.0565. The van der Waals surface area contributed by atoms with Crippen molar-refractivity contribution in [3.8, 4) is 5.75 Å². The number of ether oxygens (including phenoxy) is 1. The summed E-state index contributed by atoms with van der Waals surface area (Å²) < 4.78 is 5.38. The molecule has 1 atom stereocenters. The maximum absolute atomic E-state index is 12.9. The number of anilines is 2. The third kappa shape index (κ3) is 4.87. The second kappa shape index (κ2) is 9.74. The summed E-state index contributed by atoms with van der Waals surface area (Å²) >= 11 is 0. The first kappa shape index (κ1) is 21.1. The first-order valence-electron chi connectivity index (χ1n) is 9.94. The monoisotopic (exact) mass is 402 g/mol. The van der Waals surface area contributed by atoms with Crippen LogP contribution >= 0.6 is 0 Å². The third-order valence-electron chi connectivity index (χ3n) is 5.03. The zero-order valence-corrected chi connectivity index (χ0v) is 17.4. The van der Waals surface area contributed by atoms with Gasteiger partial charge in [0.25, 0.3) is 5.91 Å². The zero-order chi connectivity index (χ0) is 21.5. The smallest absolute Gasteiger partial charge is 0.256 e. The number of nitrogens with one attached hydrogen (secondary N) is 2. The van der Waals surface area contributed by atoms with Crippen LogP contribution in [0.5, 0.6) is 5.75 Å². The first-order valence-corrected chi connectivity index (χ1v) is 9.94. The maximum atomic E-state index is 12.9. The minimum absolute atomic E-state index is 0.0925. The minimum atomic E-state index is -0.252. The van der Waals surface area contributed by atoms with E-state index in [1.807, 2.05) is 62.4 Å². The molecule has 0 spiro atoms. The molecule has 2 N–H and O–H groups in total. The van der Waals surface area contributed by atoms with E-state index in [9.17, 15) is 9.59 Å². The molecule has 5 heteroatoms. The Bertz CT molecular complexity index is 1030. The standard InChI is InChI=1S/C25H26N2O3/c1-4-20(18-11-6-5-7-12-18)24(28)26-19-14-15-23(30-3)22(16-19)27-25(29)21-13-9-8-10-17(21)2/h5-16,20H,4H2,1-3H3,(H,26,28)(H,27,29)/t20-/m1/s1. The van der Waals surface area contributed by atoms with Crippen LogP contribution < -0.4 is 15.4 Å². The number of carbonyl (C=O) groups is 2. The van der Waals surface area contributed by atoms with Crippen molar-refractivity contribution in [3.63, 3.8) is 0 Å². The highest BCUT2D eigenvalue weighted by molar-refractivity contribution is 6.06. The van der Waals surface area contributed by atoms with Crippen LogP contribution in [0, 0.1) is 6.92 Å². The van der Waals surface area contributed by atoms with Crippen molar-refractivity contribution in [1.29, 1.82) is 0 Å². The van der Waals surface area contributed by atoms with Gasteiger partial charge in [0.05, 0.1) is 18.7 Å². The lowest BCUT2D eigenvalue weighted by molar-refractivity contribution is -0.117. The molecule has 0 aliphatic rings. The highest BCUT2D eigenvalue weighted by Gasteiger charge is 2.19. The number of hydrogen-bond donors (Lipinski definition) is 2. The highest BCUT2D eigenvalue weighted by Crippen LogP contribution is 2.30. The molecule has 0 saturated carbocycles. The summed E-state index contributed by atoms with van der Waals surface area (Å²) in [5, 5.41) is 5.85. The van der Waals surface area contributed by atoms with Crippen molar-refractivity contribution >= 4 is 23.2 Å². The Labute approximate surface area is 177 Å². The normalized spacial score (nSPS) is 11.4. The van der Waals surface area contributed by atoms with Gasteiger partial charge in [-0.3, -0.25) is 9.59 Å². The molecule has 3 aromatic rings. The van der Waals surface area contributed by atoms with Gasteiger partial charge in [0.15, 0.2) is 0 Å². The van der Waals surface area contributed by atoms with E-state index in [1.54, 1.807) is 31.4 Å². The molecule has 154 valence electrons. The summed E-state index contributed by atoms with van der Waals surface area (Å²) in [4.78, 5) is 25.6. The van der Waals surface area contributed by atoms with Crippen molar-refractivity contribution < 1.29 is 14.3 Å². The van der Waals surface area contributed by atoms with Crippen LogP contribution in [0.15, 0.2) is 72.8 Å². The van der Waals surface area contributed by atoms with Crippen molar-refractivity contribution in [2.45, 2.75) is 26.2 Å². The van der Waals surface area contributed by atoms with Gasteiger partial charge in [0, 0.05) is 11.3 Å². The number of carbonyl (C=O) groups excluding carboxylic acids is 2. The summed E-state index contributed by atoms with van der Waals surface area (Å²) in [7, 11) is 1.54. The summed E-state index contributed by atoms with van der Waals surface area (Å²) in [6.45, 7) is 3.87. The lowest BCUT2D eigenvalue weighted by atomic mass is 9.95. The molecular weight excluding hydrogens is 376 g/mol. The highest BCUT2D eigenvalue weighted by atomic mass is 16.5. The molecule has 0 heterocycles. The Balaban J connectivity index is 1.81. The molecule has 0 aromatic heterocycles. The van der Waals surface area contributed by atoms with E-state index >= 15 is 0 Å². The molecule has 30 heavy (non-hydrogen) atoms. The quantitative estimate of drug-likeness (QED) is 0.557. The average Bonchev–Trinajstić information content (AvgIpc) is 2.75. The fourth-order valence-corrected chi connectivity index (χ4v) is 3.39. The maximum Gasteiger partial charge on any atom is 0.256 e. The second-order valence-corrected chi connectivity index (χ2v) is 7.04. The largest absolute Gasteiger partial charge is 0.495 e. The van der Waals surface area contributed by atoms with Crippen LogP contribution in [-0.4, -0.2) is 18.9 Å². The number of hydrogen-bond acceptors (Lipinski definition) is 3. The number of benzene rings is 3. The Hall–Kier alpha value is -3.60. The molecule has 3 aromatic carbocycles. The summed E-state index contributed by atoms with van der Waals surface area (Å²) in [5.41, 5.74) is 3.53. The van der Waals surface area contributed by atoms with Crippen LogP contribution in [0.2, 0.25) is 0 Å². The predicted octanol–water partition coefficient (Wildman–Crippen LogP) is 5.39. The van der Waals surface area contributed by atoms with E-state index in [-0.39, 0.29) is 17.7 Å². The van der Waals surface area contributed by atoms with Crippen LogP contribution in [-0.2, 0) is 4.79 Å². The number of methoxy groups -OCH3 is 1. The Morgan fingerprint density at radius 1 is 0.933 bits per heavy atom. The zero-order valence-electron chi connectivity index (χ0n) is 17.4. The van der Waals surface area contributed by atoms with E-state index in [0.717, 1.165) is 11.1 Å². The fourth-order valence-electron chi connectivity index (χ4n) is 3.39. The van der Waals surface area contributed by atoms with Gasteiger partial charge < -0.3 is 15.4 Å². The van der Waals surface area contributed by atoms with Crippen LogP contribution in [0.25, 0.3) is 0 Å². The molecule has 0 saturated heterocycles. The van der Waals surface area contributed by atoms with Crippen LogP contribution in [0.1, 0.15) is 40.7 Å². The molecule has 0 aliphatic carbocycles. The molecule has 3 rings (SSSR count). The van der Waals surface area contributed by atoms with E-state index < -0.39 is 0 Å². The molecule has 2 amide bonds. The molecule has 5 nitrogen and oxygen atoms in total. The molecular formula is C25H26N2O3. The molecule has 0 radical (unpaired) electrons. The average molecular weight is 402 g/mol. The number of amides is 2. The summed E-state index contributed by atoms with van der Waals surface area (Å²) in [6, 6.07) is 22.3. The van der Waals surface area contributed by atoms with E-state index in [0.29, 0.717) is 29.1 Å². The second-order valence-electron chi connectivity index (χ2n) is 7.04. The fraction of sp³-hybridized carbons (Fsp3) is 0.200. The third-order valence-corrected chi connectivity index (χ3v) is 5.03. The van der Waals surface area contributed by atoms with Gasteiger partial charge in [-0.05, 0) is 48.7 Å². The first-order chi connectivity index (χ1) is 14.5. The van der Waals surface area contributed by atoms with Gasteiger partial charge >= 0.3 is 0 Å². The lowest BCUT2D eigenvalue weighted by Gasteiger charge is -2.17. The van der Waals surface area contributed by atoms with Gasteiger partial charge in [0.1, 0.15) is 5.75 Å². The topological polar surface area (TPSA) is 67.4 Å². The van der Waals surface area contributed by atoms with Crippen molar-refractivity contribution in [2.75, 3.05) is 17.7 Å². The Morgan fingerprint density at radius 2 is 1.63 bits per heavy atom. The van der Waals surface area contributed by atoms with Gasteiger partial charge in [-0.1, -0.05) is 55.5 Å². The molecule has 0 aliphatic heterocycles. The Kier molecular flexibility index (Phi) is 6.86. The van der Waals surface area contributed by atoms with Gasteiger partial charge in [0.2, 0.25) is 5.91 Å². The van der Waals surface area contributed by atoms with Crippen molar-refractivity contribution in [1.82, 2.24) is 0 Å². The van der Waals surface area contributed by atoms with Gasteiger partial charge in [-0.2, -0.15) is 0 Å². The SMILES string of the molecule is CC[C@@H](C(=O)Nc1ccc(OC)c(NC(=O)c2ccccc2C)c1)c1ccccc1. The lowest BCUT2D eigenvalue weighted by Crippen LogP contribution is -2.21. The van der Waals surface area contributed by atoms with E-state index in [2.05, 4.69) is 10.6 Å². The Morgan fingerprint density at radius 3 is 2.30 bits per heavy atom. The molecule has 0 unspecified atom stereocenters. The molecule has 0 bridgehead atoms. The van der Waals surface area contributed by atoms with Crippen LogP contribution in [0.4, 0.5) is 11.4 Å². The van der Waals surface area contributed by atoms with E-state index in [4.69, 9.17) is 4.74 Å². The van der Waals surface area contributed by atoms with E-state index in [1.165, 1.54) is 0 Å². The molecule has 0 fully saturated rings. The van der Waals surface area contributed by atoms with Crippen molar-refractivity contribution in [3.05, 3.63) is 89.5 Å². The minimum Gasteiger partial charge on any atom is -0.495 e.